The van der Waals surface area contributed by atoms with Crippen molar-refractivity contribution in [1.29, 1.82) is 0 Å². The van der Waals surface area contributed by atoms with Gasteiger partial charge in [-0.2, -0.15) is 0 Å². The molecule has 0 amide bonds. The highest BCUT2D eigenvalue weighted by Crippen LogP contribution is 2.63. The van der Waals surface area contributed by atoms with Crippen molar-refractivity contribution >= 4 is 71.8 Å². The van der Waals surface area contributed by atoms with Crippen molar-refractivity contribution in [2.45, 2.75) is 44.5 Å². The predicted octanol–water partition coefficient (Wildman–Crippen LogP) is 5.71. The van der Waals surface area contributed by atoms with Crippen LogP contribution in [0.1, 0.15) is 12.8 Å². The summed E-state index contributed by atoms with van der Waals surface area (Å²) in [4.78, 5) is 0. The molecule has 5 heteroatoms. The van der Waals surface area contributed by atoms with E-state index >= 15 is 0 Å². The SMILES string of the molecule is C[Si](C)(C[C@H]1CC1(Br)Br)C[C@H]1CC1(Br)Br. The summed E-state index contributed by atoms with van der Waals surface area (Å²) in [7, 11) is -1.00. The Bertz CT molecular complexity index is 249. The predicted molar refractivity (Wildman–Crippen MR) is 84.5 cm³/mol. The second-order valence-electron chi connectivity index (χ2n) is 5.90. The standard InChI is InChI=1S/C10H16Br4Si/c1-15(2,5-7-3-9(7,11)12)6-8-4-10(8,13)14/h7-8H,3-6H2,1-2H3/t7-,8-/m1/s1. The van der Waals surface area contributed by atoms with Gasteiger partial charge in [0.1, 0.15) is 0 Å². The van der Waals surface area contributed by atoms with Crippen LogP contribution in [-0.2, 0) is 0 Å². The van der Waals surface area contributed by atoms with Gasteiger partial charge in [0.25, 0.3) is 0 Å². The maximum absolute atomic E-state index is 3.73. The molecule has 2 aliphatic carbocycles. The van der Waals surface area contributed by atoms with Crippen LogP contribution in [0.3, 0.4) is 0 Å². The average molecular weight is 484 g/mol. The molecule has 15 heavy (non-hydrogen) atoms. The van der Waals surface area contributed by atoms with Crippen molar-refractivity contribution in [3.63, 3.8) is 0 Å². The van der Waals surface area contributed by atoms with Gasteiger partial charge in [0.15, 0.2) is 0 Å². The molecule has 88 valence electrons. The Morgan fingerprint density at radius 1 is 0.933 bits per heavy atom. The fourth-order valence-corrected chi connectivity index (χ4v) is 9.63. The summed E-state index contributed by atoms with van der Waals surface area (Å²) in [6.45, 7) is 5.08. The molecule has 2 aliphatic rings. The van der Waals surface area contributed by atoms with Gasteiger partial charge in [0.05, 0.1) is 6.47 Å². The van der Waals surface area contributed by atoms with Crippen molar-refractivity contribution in [2.24, 2.45) is 11.8 Å². The number of halogens is 4. The van der Waals surface area contributed by atoms with E-state index in [1.165, 1.54) is 24.9 Å². The Kier molecular flexibility index (Phi) is 3.68. The molecule has 2 atom stereocenters. The zero-order chi connectivity index (χ0) is 11.5. The molecule has 0 aromatic heterocycles. The first-order chi connectivity index (χ1) is 6.62. The van der Waals surface area contributed by atoms with Crippen LogP contribution >= 0.6 is 63.7 Å². The number of hydrogen-bond acceptors (Lipinski definition) is 0. The van der Waals surface area contributed by atoms with Crippen LogP contribution in [0.5, 0.6) is 0 Å². The summed E-state index contributed by atoms with van der Waals surface area (Å²) in [6.07, 6.45) is 2.61. The summed E-state index contributed by atoms with van der Waals surface area (Å²) < 4.78 is 0.599. The fraction of sp³-hybridized carbons (Fsp3) is 1.00. The molecule has 0 aliphatic heterocycles. The third-order valence-corrected chi connectivity index (χ3v) is 10.6. The molecule has 0 nitrogen and oxygen atoms in total. The Hall–Kier alpha value is 2.14. The van der Waals surface area contributed by atoms with Gasteiger partial charge in [-0.05, 0) is 24.7 Å². The topological polar surface area (TPSA) is 0 Å². The molecule has 0 bridgehead atoms. The molecule has 0 saturated heterocycles. The van der Waals surface area contributed by atoms with Crippen molar-refractivity contribution in [3.05, 3.63) is 0 Å². The average Bonchev–Trinajstić information content (AvgIpc) is 2.72. The largest absolute Gasteiger partial charge is 0.0835 e. The summed E-state index contributed by atoms with van der Waals surface area (Å²) in [5.41, 5.74) is 0. The molecule has 0 N–H and O–H groups in total. The van der Waals surface area contributed by atoms with Crippen LogP contribution in [0.25, 0.3) is 0 Å². The summed E-state index contributed by atoms with van der Waals surface area (Å²) in [6, 6.07) is 2.91. The number of alkyl halides is 4. The van der Waals surface area contributed by atoms with Gasteiger partial charge in [-0.15, -0.1) is 0 Å². The van der Waals surface area contributed by atoms with Crippen LogP contribution in [0.4, 0.5) is 0 Å². The monoisotopic (exact) mass is 480 g/mol. The minimum Gasteiger partial charge on any atom is -0.0724 e. The zero-order valence-corrected chi connectivity index (χ0v) is 16.3. The first-order valence-electron chi connectivity index (χ1n) is 5.38. The Morgan fingerprint density at radius 2 is 1.20 bits per heavy atom. The molecule has 0 radical (unpaired) electrons. The van der Waals surface area contributed by atoms with E-state index in [4.69, 9.17) is 0 Å². The Labute approximate surface area is 127 Å². The molecule has 0 unspecified atom stereocenters. The molecular formula is C10H16Br4Si. The minimum absolute atomic E-state index is 0.299. The zero-order valence-electron chi connectivity index (χ0n) is 8.99. The third-order valence-electron chi connectivity index (χ3n) is 3.51. The lowest BCUT2D eigenvalue weighted by atomic mass is 10.5. The lowest BCUT2D eigenvalue weighted by molar-refractivity contribution is 0.885. The highest BCUT2D eigenvalue weighted by Gasteiger charge is 2.55. The number of rotatable bonds is 4. The van der Waals surface area contributed by atoms with Crippen LogP contribution in [0, 0.1) is 11.8 Å². The van der Waals surface area contributed by atoms with E-state index in [1.807, 2.05) is 0 Å². The molecule has 0 heterocycles. The lowest BCUT2D eigenvalue weighted by Gasteiger charge is -2.23. The Balaban J connectivity index is 1.81. The van der Waals surface area contributed by atoms with E-state index in [0.29, 0.717) is 6.47 Å². The van der Waals surface area contributed by atoms with Gasteiger partial charge in [-0.3, -0.25) is 0 Å². The van der Waals surface area contributed by atoms with E-state index in [9.17, 15) is 0 Å². The van der Waals surface area contributed by atoms with E-state index < -0.39 is 8.07 Å². The van der Waals surface area contributed by atoms with E-state index in [-0.39, 0.29) is 0 Å². The maximum Gasteiger partial charge on any atom is 0.0835 e. The second-order valence-corrected chi connectivity index (χ2v) is 18.8. The van der Waals surface area contributed by atoms with Gasteiger partial charge >= 0.3 is 0 Å². The summed E-state index contributed by atoms with van der Waals surface area (Å²) in [5.74, 6) is 1.75. The lowest BCUT2D eigenvalue weighted by Crippen LogP contribution is -2.27. The first kappa shape index (κ1) is 13.6. The molecule has 2 saturated carbocycles. The van der Waals surface area contributed by atoms with Crippen LogP contribution in [0.2, 0.25) is 25.2 Å². The van der Waals surface area contributed by atoms with Crippen LogP contribution in [0.15, 0.2) is 0 Å². The van der Waals surface area contributed by atoms with Gasteiger partial charge in [0, 0.05) is 8.07 Å². The molecule has 0 aromatic carbocycles. The van der Waals surface area contributed by atoms with Crippen molar-refractivity contribution in [1.82, 2.24) is 0 Å². The summed E-state index contributed by atoms with van der Waals surface area (Å²) in [5, 5.41) is 0. The molecular weight excluding hydrogens is 468 g/mol. The molecule has 2 rings (SSSR count). The van der Waals surface area contributed by atoms with E-state index in [0.717, 1.165) is 11.8 Å². The highest BCUT2D eigenvalue weighted by atomic mass is 79.9. The van der Waals surface area contributed by atoms with Crippen molar-refractivity contribution in [3.8, 4) is 0 Å². The smallest absolute Gasteiger partial charge is 0.0724 e. The van der Waals surface area contributed by atoms with E-state index in [1.54, 1.807) is 0 Å². The van der Waals surface area contributed by atoms with Gasteiger partial charge in [0.2, 0.25) is 0 Å². The van der Waals surface area contributed by atoms with Crippen LogP contribution in [-0.4, -0.2) is 14.5 Å². The van der Waals surface area contributed by atoms with Crippen molar-refractivity contribution in [2.75, 3.05) is 0 Å². The quantitative estimate of drug-likeness (QED) is 0.355. The van der Waals surface area contributed by atoms with Crippen molar-refractivity contribution < 1.29 is 0 Å². The minimum atomic E-state index is -1.00. The van der Waals surface area contributed by atoms with Gasteiger partial charge < -0.3 is 0 Å². The molecule has 2 fully saturated rings. The maximum atomic E-state index is 3.73. The molecule has 0 aromatic rings. The molecule has 0 spiro atoms. The first-order valence-corrected chi connectivity index (χ1v) is 12.0. The van der Waals surface area contributed by atoms with Gasteiger partial charge in [-0.1, -0.05) is 88.9 Å². The number of hydrogen-bond donors (Lipinski definition) is 0. The van der Waals surface area contributed by atoms with Crippen LogP contribution < -0.4 is 0 Å². The van der Waals surface area contributed by atoms with Gasteiger partial charge in [-0.25, -0.2) is 0 Å². The highest BCUT2D eigenvalue weighted by molar-refractivity contribution is 9.26. The fourth-order valence-electron chi connectivity index (χ4n) is 2.40. The third kappa shape index (κ3) is 3.55. The van der Waals surface area contributed by atoms with E-state index in [2.05, 4.69) is 76.8 Å². The normalized spacial score (nSPS) is 36.4. The second kappa shape index (κ2) is 4.07. The summed E-state index contributed by atoms with van der Waals surface area (Å²) >= 11 is 14.9. The Morgan fingerprint density at radius 3 is 1.40 bits per heavy atom.